The van der Waals surface area contributed by atoms with E-state index in [0.29, 0.717) is 10.0 Å². The molecular formula is C18H25Cl2NOS. The summed E-state index contributed by atoms with van der Waals surface area (Å²) in [7, 11) is 0. The topological polar surface area (TPSA) is 35.4 Å². The second kappa shape index (κ2) is 7.35. The second-order valence-electron chi connectivity index (χ2n) is 7.31. The van der Waals surface area contributed by atoms with Gasteiger partial charge in [0.05, 0.1) is 15.8 Å². The van der Waals surface area contributed by atoms with E-state index in [0.717, 1.165) is 37.0 Å². The molecule has 1 saturated carbocycles. The highest BCUT2D eigenvalue weighted by Gasteiger charge is 2.39. The van der Waals surface area contributed by atoms with Crippen molar-refractivity contribution < 1.29 is 4.55 Å². The number of benzene rings is 1. The van der Waals surface area contributed by atoms with E-state index in [-0.39, 0.29) is 10.2 Å². The number of hydrogen-bond acceptors (Lipinski definition) is 2. The molecule has 0 saturated heterocycles. The zero-order valence-electron chi connectivity index (χ0n) is 14.3. The van der Waals surface area contributed by atoms with Crippen LogP contribution in [-0.4, -0.2) is 15.0 Å². The van der Waals surface area contributed by atoms with Gasteiger partial charge in [-0.1, -0.05) is 52.9 Å². The van der Waals surface area contributed by atoms with E-state index >= 15 is 0 Å². The molecule has 0 bridgehead atoms. The Morgan fingerprint density at radius 2 is 1.74 bits per heavy atom. The van der Waals surface area contributed by atoms with Crippen LogP contribution < -0.4 is 0 Å². The molecule has 0 N–H and O–H groups in total. The Balaban J connectivity index is 2.47. The van der Waals surface area contributed by atoms with Crippen LogP contribution in [-0.2, 0) is 16.8 Å². The van der Waals surface area contributed by atoms with Crippen molar-refractivity contribution in [3.63, 3.8) is 0 Å². The Kier molecular flexibility index (Phi) is 6.10. The lowest BCUT2D eigenvalue weighted by atomic mass is 9.67. The Morgan fingerprint density at radius 3 is 2.26 bits per heavy atom. The molecule has 2 rings (SSSR count). The minimum absolute atomic E-state index is 0.173. The van der Waals surface area contributed by atoms with Crippen molar-refractivity contribution in [1.82, 2.24) is 0 Å². The fourth-order valence-corrected chi connectivity index (χ4v) is 4.15. The van der Waals surface area contributed by atoms with Gasteiger partial charge in [0.1, 0.15) is 16.1 Å². The SMILES string of the molecule is C/C(=N\[S@+]([O-])C(C)(C)C)C1(c2ccc(Cl)c(Cl)c2)CCCCC1. The van der Waals surface area contributed by atoms with Gasteiger partial charge >= 0.3 is 0 Å². The van der Waals surface area contributed by atoms with Gasteiger partial charge in [0.2, 0.25) is 0 Å². The minimum atomic E-state index is -1.25. The Morgan fingerprint density at radius 1 is 1.13 bits per heavy atom. The highest BCUT2D eigenvalue weighted by Crippen LogP contribution is 2.43. The van der Waals surface area contributed by atoms with E-state index in [1.54, 1.807) is 0 Å². The van der Waals surface area contributed by atoms with E-state index in [2.05, 4.69) is 4.40 Å². The number of nitrogens with zero attached hydrogens (tertiary/aromatic N) is 1. The predicted molar refractivity (Wildman–Crippen MR) is 102 cm³/mol. The van der Waals surface area contributed by atoms with Crippen LogP contribution in [0, 0.1) is 0 Å². The van der Waals surface area contributed by atoms with Crippen molar-refractivity contribution in [2.24, 2.45) is 4.40 Å². The van der Waals surface area contributed by atoms with Crippen LogP contribution >= 0.6 is 23.2 Å². The van der Waals surface area contributed by atoms with Gasteiger partial charge in [0.25, 0.3) is 0 Å². The fraction of sp³-hybridized carbons (Fsp3) is 0.611. The number of rotatable bonds is 3. The van der Waals surface area contributed by atoms with Crippen molar-refractivity contribution >= 4 is 40.3 Å². The first-order valence-corrected chi connectivity index (χ1v) is 9.96. The van der Waals surface area contributed by atoms with E-state index in [4.69, 9.17) is 23.2 Å². The molecule has 0 unspecified atom stereocenters. The van der Waals surface area contributed by atoms with E-state index in [9.17, 15) is 4.55 Å². The van der Waals surface area contributed by atoms with Crippen LogP contribution in [0.4, 0.5) is 0 Å². The molecule has 1 aliphatic rings. The van der Waals surface area contributed by atoms with Crippen molar-refractivity contribution in [3.8, 4) is 0 Å². The van der Waals surface area contributed by atoms with Crippen molar-refractivity contribution in [2.45, 2.75) is 70.0 Å². The Labute approximate surface area is 153 Å². The van der Waals surface area contributed by atoms with Crippen LogP contribution in [0.5, 0.6) is 0 Å². The third-order valence-electron chi connectivity index (χ3n) is 4.62. The first kappa shape index (κ1) is 19.1. The second-order valence-corrected chi connectivity index (χ2v) is 10.0. The van der Waals surface area contributed by atoms with Crippen molar-refractivity contribution in [1.29, 1.82) is 0 Å². The van der Waals surface area contributed by atoms with E-state index in [1.807, 2.05) is 45.9 Å². The maximum atomic E-state index is 12.5. The van der Waals surface area contributed by atoms with E-state index < -0.39 is 11.4 Å². The van der Waals surface area contributed by atoms with Gasteiger partial charge in [-0.2, -0.15) is 0 Å². The minimum Gasteiger partial charge on any atom is -0.591 e. The summed E-state index contributed by atoms with van der Waals surface area (Å²) in [6, 6.07) is 5.84. The highest BCUT2D eigenvalue weighted by atomic mass is 35.5. The van der Waals surface area contributed by atoms with Crippen molar-refractivity contribution in [3.05, 3.63) is 33.8 Å². The summed E-state index contributed by atoms with van der Waals surface area (Å²) >= 11 is 11.1. The summed E-state index contributed by atoms with van der Waals surface area (Å²) in [5, 5.41) is 1.13. The number of halogens is 2. The maximum absolute atomic E-state index is 12.5. The van der Waals surface area contributed by atoms with Gasteiger partial charge in [0, 0.05) is 5.41 Å². The molecule has 1 aromatic carbocycles. The fourth-order valence-electron chi connectivity index (χ4n) is 3.16. The molecule has 1 atom stereocenters. The molecular weight excluding hydrogens is 349 g/mol. The van der Waals surface area contributed by atoms with Gasteiger partial charge in [-0.05, 0) is 58.2 Å². The lowest BCUT2D eigenvalue weighted by molar-refractivity contribution is 0.379. The Bertz CT molecular complexity index is 589. The summed E-state index contributed by atoms with van der Waals surface area (Å²) in [4.78, 5) is 0. The molecule has 0 radical (unpaired) electrons. The van der Waals surface area contributed by atoms with Gasteiger partial charge in [0.15, 0.2) is 0 Å². The summed E-state index contributed by atoms with van der Waals surface area (Å²) in [5.41, 5.74) is 1.91. The molecule has 23 heavy (non-hydrogen) atoms. The molecule has 5 heteroatoms. The van der Waals surface area contributed by atoms with Gasteiger partial charge in [-0.25, -0.2) is 0 Å². The third kappa shape index (κ3) is 4.25. The van der Waals surface area contributed by atoms with Crippen LogP contribution in [0.3, 0.4) is 0 Å². The standard InChI is InChI=1S/C18H25Cl2NOS/c1-13(21-23(22)17(2,3)4)18(10-6-5-7-11-18)14-8-9-15(19)16(20)12-14/h8-9,12H,5-7,10-11H2,1-4H3/b21-13+/t23-/m1/s1. The molecule has 1 fully saturated rings. The van der Waals surface area contributed by atoms with Crippen LogP contribution in [0.1, 0.15) is 65.4 Å². The predicted octanol–water partition coefficient (Wildman–Crippen LogP) is 6.12. The van der Waals surface area contributed by atoms with E-state index in [1.165, 1.54) is 6.42 Å². The van der Waals surface area contributed by atoms with Gasteiger partial charge in [-0.15, -0.1) is 0 Å². The largest absolute Gasteiger partial charge is 0.591 e. The lowest BCUT2D eigenvalue weighted by Gasteiger charge is -2.38. The summed E-state index contributed by atoms with van der Waals surface area (Å²) in [6.07, 6.45) is 5.56. The summed E-state index contributed by atoms with van der Waals surface area (Å²) < 4.78 is 16.7. The first-order chi connectivity index (χ1) is 10.7. The molecule has 0 heterocycles. The molecule has 2 nitrogen and oxygen atoms in total. The third-order valence-corrected chi connectivity index (χ3v) is 6.84. The van der Waals surface area contributed by atoms with Crippen molar-refractivity contribution in [2.75, 3.05) is 0 Å². The highest BCUT2D eigenvalue weighted by molar-refractivity contribution is 7.91. The average Bonchev–Trinajstić information content (AvgIpc) is 2.49. The maximum Gasteiger partial charge on any atom is 0.144 e. The zero-order chi connectivity index (χ0) is 17.3. The van der Waals surface area contributed by atoms with Crippen LogP contribution in [0.15, 0.2) is 22.6 Å². The zero-order valence-corrected chi connectivity index (χ0v) is 16.6. The summed E-state index contributed by atoms with van der Waals surface area (Å²) in [5.74, 6) is 0. The van der Waals surface area contributed by atoms with Crippen LogP contribution in [0.2, 0.25) is 10.0 Å². The number of hydrogen-bond donors (Lipinski definition) is 0. The monoisotopic (exact) mass is 373 g/mol. The molecule has 0 spiro atoms. The van der Waals surface area contributed by atoms with Gasteiger partial charge in [-0.3, -0.25) is 0 Å². The smallest absolute Gasteiger partial charge is 0.144 e. The lowest BCUT2D eigenvalue weighted by Crippen LogP contribution is -2.38. The average molecular weight is 374 g/mol. The van der Waals surface area contributed by atoms with Gasteiger partial charge < -0.3 is 4.55 Å². The molecule has 1 aliphatic carbocycles. The molecule has 0 aliphatic heterocycles. The normalized spacial score (nSPS) is 20.4. The first-order valence-electron chi connectivity index (χ1n) is 8.10. The molecule has 1 aromatic rings. The molecule has 0 aromatic heterocycles. The molecule has 0 amide bonds. The Hall–Kier alpha value is -0.220. The molecule has 128 valence electrons. The quantitative estimate of drug-likeness (QED) is 0.464. The summed E-state index contributed by atoms with van der Waals surface area (Å²) in [6.45, 7) is 7.86. The van der Waals surface area contributed by atoms with Crippen LogP contribution in [0.25, 0.3) is 0 Å².